The fourth-order valence-electron chi connectivity index (χ4n) is 2.87. The van der Waals surface area contributed by atoms with Crippen LogP contribution in [0, 0.1) is 0 Å². The molecular formula is C22H26ClN5O4. The SMILES string of the molecule is C[C@H](CNC(=O)c1ccc(Cl)cc1)Nc1cnc(/C=C/C(=O)NOC2CCCCO2)cn1. The molecule has 0 saturated carbocycles. The maximum atomic E-state index is 12.2. The first-order valence-electron chi connectivity index (χ1n) is 10.4. The molecule has 0 aliphatic carbocycles. The number of amides is 2. The molecule has 2 amide bonds. The van der Waals surface area contributed by atoms with E-state index in [1.165, 1.54) is 18.3 Å². The van der Waals surface area contributed by atoms with E-state index in [2.05, 4.69) is 26.1 Å². The average molecular weight is 460 g/mol. The van der Waals surface area contributed by atoms with E-state index in [1.807, 2.05) is 6.92 Å². The van der Waals surface area contributed by atoms with Gasteiger partial charge in [-0.05, 0) is 50.1 Å². The number of hydrogen-bond donors (Lipinski definition) is 3. The zero-order valence-corrected chi connectivity index (χ0v) is 18.5. The molecule has 32 heavy (non-hydrogen) atoms. The maximum absolute atomic E-state index is 12.2. The Balaban J connectivity index is 1.39. The molecule has 3 N–H and O–H groups in total. The smallest absolute Gasteiger partial charge is 0.267 e. The molecule has 3 rings (SSSR count). The lowest BCUT2D eigenvalue weighted by Crippen LogP contribution is -2.34. The van der Waals surface area contributed by atoms with Crippen LogP contribution in [0.4, 0.5) is 5.82 Å². The van der Waals surface area contributed by atoms with E-state index in [4.69, 9.17) is 21.2 Å². The van der Waals surface area contributed by atoms with Crippen LogP contribution in [0.5, 0.6) is 0 Å². The number of nitrogens with zero attached hydrogens (tertiary/aromatic N) is 2. The van der Waals surface area contributed by atoms with Crippen molar-refractivity contribution < 1.29 is 19.2 Å². The van der Waals surface area contributed by atoms with Gasteiger partial charge in [-0.25, -0.2) is 15.3 Å². The fraction of sp³-hybridized carbons (Fsp3) is 0.364. The third-order valence-electron chi connectivity index (χ3n) is 4.58. The Morgan fingerprint density at radius 1 is 1.25 bits per heavy atom. The number of rotatable bonds is 9. The van der Waals surface area contributed by atoms with E-state index in [1.54, 1.807) is 30.5 Å². The highest BCUT2D eigenvalue weighted by atomic mass is 35.5. The Morgan fingerprint density at radius 2 is 2.06 bits per heavy atom. The number of aromatic nitrogens is 2. The quantitative estimate of drug-likeness (QED) is 0.390. The molecule has 10 heteroatoms. The van der Waals surface area contributed by atoms with Crippen molar-refractivity contribution in [2.75, 3.05) is 18.5 Å². The third-order valence-corrected chi connectivity index (χ3v) is 4.83. The third kappa shape index (κ3) is 7.92. The molecule has 2 aromatic rings. The van der Waals surface area contributed by atoms with Crippen LogP contribution in [0.2, 0.25) is 5.02 Å². The van der Waals surface area contributed by atoms with Gasteiger partial charge in [-0.2, -0.15) is 0 Å². The van der Waals surface area contributed by atoms with Crippen LogP contribution in [0.15, 0.2) is 42.7 Å². The molecule has 1 aromatic heterocycles. The van der Waals surface area contributed by atoms with Gasteiger partial charge in [0.15, 0.2) is 6.29 Å². The summed E-state index contributed by atoms with van der Waals surface area (Å²) in [6, 6.07) is 6.61. The summed E-state index contributed by atoms with van der Waals surface area (Å²) in [5, 5.41) is 6.59. The van der Waals surface area contributed by atoms with Gasteiger partial charge in [0, 0.05) is 42.3 Å². The van der Waals surface area contributed by atoms with Crippen LogP contribution in [0.25, 0.3) is 6.08 Å². The van der Waals surface area contributed by atoms with Gasteiger partial charge in [0.2, 0.25) is 0 Å². The number of hydrogen-bond acceptors (Lipinski definition) is 7. The topological polar surface area (TPSA) is 114 Å². The monoisotopic (exact) mass is 459 g/mol. The molecule has 0 radical (unpaired) electrons. The van der Waals surface area contributed by atoms with Crippen molar-refractivity contribution in [1.29, 1.82) is 0 Å². The van der Waals surface area contributed by atoms with E-state index < -0.39 is 12.2 Å². The van der Waals surface area contributed by atoms with Gasteiger partial charge in [0.05, 0.1) is 18.1 Å². The molecular weight excluding hydrogens is 434 g/mol. The van der Waals surface area contributed by atoms with Crippen LogP contribution in [-0.2, 0) is 14.4 Å². The first kappa shape index (κ1) is 23.6. The minimum atomic E-state index is -0.409. The molecule has 1 fully saturated rings. The van der Waals surface area contributed by atoms with Gasteiger partial charge in [0.1, 0.15) is 5.82 Å². The second-order valence-corrected chi connectivity index (χ2v) is 7.74. The molecule has 1 saturated heterocycles. The Bertz CT molecular complexity index is 915. The summed E-state index contributed by atoms with van der Waals surface area (Å²) in [7, 11) is 0. The molecule has 170 valence electrons. The first-order chi connectivity index (χ1) is 15.5. The van der Waals surface area contributed by atoms with E-state index in [0.717, 1.165) is 19.3 Å². The minimum Gasteiger partial charge on any atom is -0.365 e. The summed E-state index contributed by atoms with van der Waals surface area (Å²) in [6.45, 7) is 2.95. The minimum absolute atomic E-state index is 0.0770. The van der Waals surface area contributed by atoms with E-state index in [9.17, 15) is 9.59 Å². The molecule has 1 unspecified atom stereocenters. The van der Waals surface area contributed by atoms with Gasteiger partial charge >= 0.3 is 0 Å². The fourth-order valence-corrected chi connectivity index (χ4v) is 3.00. The second kappa shape index (κ2) is 12.1. The summed E-state index contributed by atoms with van der Waals surface area (Å²) < 4.78 is 5.37. The van der Waals surface area contributed by atoms with Crippen molar-refractivity contribution >= 4 is 35.3 Å². The van der Waals surface area contributed by atoms with Crippen LogP contribution in [0.3, 0.4) is 0 Å². The zero-order valence-electron chi connectivity index (χ0n) is 17.7. The van der Waals surface area contributed by atoms with Crippen molar-refractivity contribution in [3.63, 3.8) is 0 Å². The summed E-state index contributed by atoms with van der Waals surface area (Å²) in [4.78, 5) is 37.7. The number of halogens is 1. The zero-order chi connectivity index (χ0) is 22.8. The van der Waals surface area contributed by atoms with Crippen LogP contribution in [-0.4, -0.2) is 47.3 Å². The van der Waals surface area contributed by atoms with Crippen LogP contribution < -0.4 is 16.1 Å². The normalized spacial score (nSPS) is 17.0. The largest absolute Gasteiger partial charge is 0.365 e. The molecule has 1 aromatic carbocycles. The maximum Gasteiger partial charge on any atom is 0.267 e. The number of carbonyl (C=O) groups excluding carboxylic acids is 2. The lowest BCUT2D eigenvalue weighted by molar-refractivity contribution is -0.198. The number of benzene rings is 1. The van der Waals surface area contributed by atoms with Crippen molar-refractivity contribution in [3.8, 4) is 0 Å². The highest BCUT2D eigenvalue weighted by molar-refractivity contribution is 6.30. The number of nitrogens with one attached hydrogen (secondary N) is 3. The average Bonchev–Trinajstić information content (AvgIpc) is 2.82. The predicted octanol–water partition coefficient (Wildman–Crippen LogP) is 2.95. The number of anilines is 1. The van der Waals surface area contributed by atoms with Gasteiger partial charge in [-0.3, -0.25) is 14.6 Å². The molecule has 1 aliphatic rings. The van der Waals surface area contributed by atoms with E-state index in [-0.39, 0.29) is 11.9 Å². The number of ether oxygens (including phenoxy) is 1. The Labute approximate surface area is 191 Å². The van der Waals surface area contributed by atoms with Crippen molar-refractivity contribution in [1.82, 2.24) is 20.8 Å². The molecule has 0 spiro atoms. The summed E-state index contributed by atoms with van der Waals surface area (Å²) in [6.07, 6.45) is 8.32. The van der Waals surface area contributed by atoms with Gasteiger partial charge in [-0.1, -0.05) is 11.6 Å². The second-order valence-electron chi connectivity index (χ2n) is 7.30. The molecule has 2 heterocycles. The van der Waals surface area contributed by atoms with Crippen LogP contribution in [0.1, 0.15) is 42.2 Å². The standard InChI is InChI=1S/C22H26ClN5O4/c1-15(12-26-22(30)16-5-7-17(23)8-6-16)27-19-14-24-18(13-25-19)9-10-20(29)28-32-21-4-2-3-11-31-21/h5-10,13-15,21H,2-4,11-12H2,1H3,(H,25,27)(H,26,30)(H,28,29)/b10-9+/t15-,21?/m1/s1. The molecule has 9 nitrogen and oxygen atoms in total. The Hall–Kier alpha value is -3.01. The van der Waals surface area contributed by atoms with Crippen molar-refractivity contribution in [2.45, 2.75) is 38.5 Å². The highest BCUT2D eigenvalue weighted by Gasteiger charge is 2.15. The lowest BCUT2D eigenvalue weighted by atomic mass is 10.2. The summed E-state index contributed by atoms with van der Waals surface area (Å²) >= 11 is 5.84. The summed E-state index contributed by atoms with van der Waals surface area (Å²) in [5.41, 5.74) is 3.40. The number of hydroxylamine groups is 1. The Morgan fingerprint density at radius 3 is 2.75 bits per heavy atom. The van der Waals surface area contributed by atoms with Gasteiger partial charge < -0.3 is 15.4 Å². The molecule has 1 aliphatic heterocycles. The Kier molecular flexibility index (Phi) is 8.97. The molecule has 0 bridgehead atoms. The first-order valence-corrected chi connectivity index (χ1v) is 10.7. The van der Waals surface area contributed by atoms with Crippen LogP contribution >= 0.6 is 11.6 Å². The van der Waals surface area contributed by atoms with Crippen molar-refractivity contribution in [2.24, 2.45) is 0 Å². The van der Waals surface area contributed by atoms with Gasteiger partial charge in [0.25, 0.3) is 11.8 Å². The van der Waals surface area contributed by atoms with E-state index >= 15 is 0 Å². The van der Waals surface area contributed by atoms with Crippen molar-refractivity contribution in [3.05, 3.63) is 59.0 Å². The van der Waals surface area contributed by atoms with E-state index in [0.29, 0.717) is 35.2 Å². The highest BCUT2D eigenvalue weighted by Crippen LogP contribution is 2.12. The number of carbonyl (C=O) groups is 2. The predicted molar refractivity (Wildman–Crippen MR) is 121 cm³/mol. The summed E-state index contributed by atoms with van der Waals surface area (Å²) in [5.74, 6) is -0.0370. The molecule has 2 atom stereocenters. The lowest BCUT2D eigenvalue weighted by Gasteiger charge is -2.21. The van der Waals surface area contributed by atoms with Gasteiger partial charge in [-0.15, -0.1) is 0 Å².